The van der Waals surface area contributed by atoms with Crippen molar-refractivity contribution in [3.8, 4) is 0 Å². The molecule has 3 heteroatoms. The average Bonchev–Trinajstić information content (AvgIpc) is 2.72. The van der Waals surface area contributed by atoms with E-state index in [2.05, 4.69) is 55.5 Å². The zero-order chi connectivity index (χ0) is 18.6. The molecule has 0 unspecified atom stereocenters. The highest BCUT2D eigenvalue weighted by molar-refractivity contribution is 8.00. The molecule has 1 heterocycles. The molecule has 2 nitrogen and oxygen atoms in total. The van der Waals surface area contributed by atoms with Crippen molar-refractivity contribution in [2.45, 2.75) is 36.0 Å². The van der Waals surface area contributed by atoms with Gasteiger partial charge in [-0.2, -0.15) is 0 Å². The number of para-hydroxylation sites is 1. The van der Waals surface area contributed by atoms with Crippen LogP contribution in [0, 0.1) is 6.92 Å². The number of thioether (sulfide) groups is 1. The minimum absolute atomic E-state index is 0.0288. The summed E-state index contributed by atoms with van der Waals surface area (Å²) >= 11 is 1.88. The first kappa shape index (κ1) is 17.9. The molecule has 3 aromatic rings. The predicted octanol–water partition coefficient (Wildman–Crippen LogP) is 6.02. The summed E-state index contributed by atoms with van der Waals surface area (Å²) in [5, 5.41) is 0.313. The first-order valence-corrected chi connectivity index (χ1v) is 10.3. The molecule has 0 N–H and O–H groups in total. The van der Waals surface area contributed by atoms with Crippen LogP contribution >= 0.6 is 11.8 Å². The average molecular weight is 374 g/mol. The Morgan fingerprint density at radius 3 is 2.15 bits per heavy atom. The van der Waals surface area contributed by atoms with Crippen LogP contribution in [0.5, 0.6) is 0 Å². The van der Waals surface area contributed by atoms with Gasteiger partial charge in [-0.05, 0) is 43.2 Å². The molecule has 1 aliphatic rings. The van der Waals surface area contributed by atoms with E-state index < -0.39 is 0 Å². The van der Waals surface area contributed by atoms with E-state index in [4.69, 9.17) is 0 Å². The Morgan fingerprint density at radius 1 is 0.852 bits per heavy atom. The third-order valence-corrected chi connectivity index (χ3v) is 6.37. The van der Waals surface area contributed by atoms with Crippen LogP contribution in [0.25, 0.3) is 0 Å². The number of piperidine rings is 1. The van der Waals surface area contributed by atoms with Gasteiger partial charge in [0.2, 0.25) is 5.91 Å². The maximum absolute atomic E-state index is 12.9. The van der Waals surface area contributed by atoms with Gasteiger partial charge in [0.05, 0.1) is 6.04 Å². The lowest BCUT2D eigenvalue weighted by atomic mass is 9.93. The van der Waals surface area contributed by atoms with Gasteiger partial charge in [-0.1, -0.05) is 66.2 Å². The van der Waals surface area contributed by atoms with E-state index in [1.54, 1.807) is 0 Å². The van der Waals surface area contributed by atoms with E-state index in [-0.39, 0.29) is 11.9 Å². The predicted molar refractivity (Wildman–Crippen MR) is 113 cm³/mol. The van der Waals surface area contributed by atoms with Crippen molar-refractivity contribution in [2.75, 3.05) is 4.90 Å². The van der Waals surface area contributed by atoms with Gasteiger partial charge in [0.15, 0.2) is 0 Å². The molecule has 0 aromatic heterocycles. The van der Waals surface area contributed by atoms with E-state index in [1.165, 1.54) is 16.0 Å². The molecular formula is C24H23NOS. The summed E-state index contributed by atoms with van der Waals surface area (Å²) in [7, 11) is 0. The topological polar surface area (TPSA) is 20.3 Å². The Hall–Kier alpha value is -2.52. The number of hydrogen-bond acceptors (Lipinski definition) is 2. The smallest absolute Gasteiger partial charge is 0.227 e. The number of rotatable bonds is 4. The van der Waals surface area contributed by atoms with E-state index in [1.807, 2.05) is 53.1 Å². The van der Waals surface area contributed by atoms with Crippen LogP contribution in [-0.4, -0.2) is 11.2 Å². The molecule has 3 aromatic carbocycles. The van der Waals surface area contributed by atoms with Crippen molar-refractivity contribution < 1.29 is 4.79 Å². The van der Waals surface area contributed by atoms with Crippen molar-refractivity contribution in [1.29, 1.82) is 0 Å². The minimum atomic E-state index is 0.0288. The molecule has 27 heavy (non-hydrogen) atoms. The summed E-state index contributed by atoms with van der Waals surface area (Å²) in [5.74, 6) is 0.204. The minimum Gasteiger partial charge on any atom is -0.304 e. The number of benzene rings is 3. The van der Waals surface area contributed by atoms with Gasteiger partial charge < -0.3 is 4.90 Å². The maximum Gasteiger partial charge on any atom is 0.227 e. The maximum atomic E-state index is 12.9. The van der Waals surface area contributed by atoms with Crippen molar-refractivity contribution in [2.24, 2.45) is 0 Å². The van der Waals surface area contributed by atoms with Gasteiger partial charge in [-0.15, -0.1) is 11.8 Å². The number of nitrogens with zero attached hydrogens (tertiary/aromatic N) is 1. The number of carbonyl (C=O) groups is 1. The molecular weight excluding hydrogens is 350 g/mol. The Morgan fingerprint density at radius 2 is 1.48 bits per heavy atom. The fourth-order valence-electron chi connectivity index (χ4n) is 3.69. The highest BCUT2D eigenvalue weighted by Gasteiger charge is 2.38. The lowest BCUT2D eigenvalue weighted by Gasteiger charge is -2.41. The standard InChI is InChI=1S/C24H23NOS/c1-18-12-14-21(15-13-18)27-22-16-17-23(26)25(20-10-6-3-7-11-20)24(22)19-8-4-2-5-9-19/h2-15,22,24H,16-17H2,1H3/t22-,24-/m1/s1. The van der Waals surface area contributed by atoms with Gasteiger partial charge in [-0.25, -0.2) is 0 Å². The molecule has 0 aliphatic carbocycles. The number of anilines is 1. The van der Waals surface area contributed by atoms with Gasteiger partial charge >= 0.3 is 0 Å². The van der Waals surface area contributed by atoms with Crippen molar-refractivity contribution in [1.82, 2.24) is 0 Å². The SMILES string of the molecule is Cc1ccc(S[C@@H]2CCC(=O)N(c3ccccc3)[C@@H]2c2ccccc2)cc1. The van der Waals surface area contributed by atoms with Crippen LogP contribution in [-0.2, 0) is 4.79 Å². The molecule has 0 spiro atoms. The fourth-order valence-corrected chi connectivity index (χ4v) is 4.97. The summed E-state index contributed by atoms with van der Waals surface area (Å²) in [4.78, 5) is 16.2. The first-order chi connectivity index (χ1) is 13.2. The third kappa shape index (κ3) is 3.93. The summed E-state index contributed by atoms with van der Waals surface area (Å²) in [6, 6.07) is 29.2. The lowest BCUT2D eigenvalue weighted by molar-refractivity contribution is -0.120. The van der Waals surface area contributed by atoms with Crippen molar-refractivity contribution in [3.05, 3.63) is 96.1 Å². The van der Waals surface area contributed by atoms with Crippen LogP contribution in [0.3, 0.4) is 0 Å². The zero-order valence-corrected chi connectivity index (χ0v) is 16.2. The van der Waals surface area contributed by atoms with Crippen molar-refractivity contribution in [3.63, 3.8) is 0 Å². The second kappa shape index (κ2) is 8.01. The monoisotopic (exact) mass is 373 g/mol. The second-order valence-electron chi connectivity index (χ2n) is 6.96. The number of carbonyl (C=O) groups excluding carboxylic acids is 1. The molecule has 1 amide bonds. The zero-order valence-electron chi connectivity index (χ0n) is 15.4. The van der Waals surface area contributed by atoms with Gasteiger partial charge in [0, 0.05) is 22.3 Å². The Labute approximate surface area is 165 Å². The molecule has 1 aliphatic heterocycles. The largest absolute Gasteiger partial charge is 0.304 e. The summed E-state index contributed by atoms with van der Waals surface area (Å²) in [6.07, 6.45) is 1.47. The molecule has 0 saturated carbocycles. The van der Waals surface area contributed by atoms with Gasteiger partial charge in [-0.3, -0.25) is 4.79 Å². The number of hydrogen-bond donors (Lipinski definition) is 0. The Balaban J connectivity index is 1.73. The van der Waals surface area contributed by atoms with Crippen LogP contribution in [0.2, 0.25) is 0 Å². The van der Waals surface area contributed by atoms with Crippen LogP contribution in [0.15, 0.2) is 89.8 Å². The van der Waals surface area contributed by atoms with Gasteiger partial charge in [0.25, 0.3) is 0 Å². The molecule has 2 atom stereocenters. The highest BCUT2D eigenvalue weighted by Crippen LogP contribution is 2.43. The van der Waals surface area contributed by atoms with E-state index in [0.29, 0.717) is 11.7 Å². The normalized spacial score (nSPS) is 19.9. The first-order valence-electron chi connectivity index (χ1n) is 9.38. The molecule has 4 rings (SSSR count). The van der Waals surface area contributed by atoms with E-state index >= 15 is 0 Å². The van der Waals surface area contributed by atoms with E-state index in [9.17, 15) is 4.79 Å². The lowest BCUT2D eigenvalue weighted by Crippen LogP contribution is -2.44. The molecule has 0 bridgehead atoms. The Kier molecular flexibility index (Phi) is 5.30. The molecule has 136 valence electrons. The summed E-state index contributed by atoms with van der Waals surface area (Å²) in [6.45, 7) is 2.11. The van der Waals surface area contributed by atoms with E-state index in [0.717, 1.165) is 12.1 Å². The van der Waals surface area contributed by atoms with Crippen LogP contribution in [0.1, 0.15) is 30.0 Å². The van der Waals surface area contributed by atoms with Crippen molar-refractivity contribution >= 4 is 23.4 Å². The third-order valence-electron chi connectivity index (χ3n) is 5.03. The number of aryl methyl sites for hydroxylation is 1. The molecule has 1 fully saturated rings. The number of amides is 1. The second-order valence-corrected chi connectivity index (χ2v) is 8.28. The molecule has 1 saturated heterocycles. The van der Waals surface area contributed by atoms with Crippen LogP contribution in [0.4, 0.5) is 5.69 Å². The molecule has 0 radical (unpaired) electrons. The summed E-state index contributed by atoms with van der Waals surface area (Å²) in [5.41, 5.74) is 3.44. The Bertz CT molecular complexity index is 893. The highest BCUT2D eigenvalue weighted by atomic mass is 32.2. The fraction of sp³-hybridized carbons (Fsp3) is 0.208. The summed E-state index contributed by atoms with van der Waals surface area (Å²) < 4.78 is 0. The van der Waals surface area contributed by atoms with Gasteiger partial charge in [0.1, 0.15) is 0 Å². The quantitative estimate of drug-likeness (QED) is 0.557. The van der Waals surface area contributed by atoms with Crippen LogP contribution < -0.4 is 4.90 Å².